The minimum Gasteiger partial charge on any atom is -0.747 e. The van der Waals surface area contributed by atoms with E-state index in [-0.39, 0.29) is 159 Å². The molecular weight excluding hydrogens is 408 g/mol. The summed E-state index contributed by atoms with van der Waals surface area (Å²) < 4.78 is 92.0. The van der Waals surface area contributed by atoms with Crippen LogP contribution >= 0.6 is 0 Å². The minimum absolute atomic E-state index is 0. The van der Waals surface area contributed by atoms with Crippen LogP contribution in [0.15, 0.2) is 0 Å². The van der Waals surface area contributed by atoms with Crippen molar-refractivity contribution in [3.05, 3.63) is 0 Å². The minimum atomic E-state index is -5.00. The van der Waals surface area contributed by atoms with Crippen molar-refractivity contribution in [1.82, 2.24) is 4.90 Å². The normalized spacial score (nSPS) is 12.0. The molecule has 10 nitrogen and oxygen atoms in total. The molecule has 98 valence electrons. The Balaban J connectivity index is -0.000000375. The molecule has 19 heavy (non-hydrogen) atoms. The van der Waals surface area contributed by atoms with E-state index in [0.29, 0.717) is 0 Å². The first kappa shape index (κ1) is 31.4. The average Bonchev–Trinajstić information content (AvgIpc) is 1.70. The molecule has 0 radical (unpaired) electrons. The second kappa shape index (κ2) is 12.9. The smallest absolute Gasteiger partial charge is 0.747 e. The van der Waals surface area contributed by atoms with Crippen LogP contribution in [0.2, 0.25) is 0 Å². The Morgan fingerprint density at radius 3 is 0.842 bits per heavy atom. The molecule has 0 aromatic rings. The summed E-state index contributed by atoms with van der Waals surface area (Å²) >= 11 is 0. The Morgan fingerprint density at radius 2 is 0.737 bits per heavy atom. The van der Waals surface area contributed by atoms with Gasteiger partial charge in [-0.05, 0) is 0 Å². The zero-order valence-corrected chi connectivity index (χ0v) is 22.3. The van der Waals surface area contributed by atoms with Crippen molar-refractivity contribution in [2.24, 2.45) is 0 Å². The number of rotatable bonds is 6. The van der Waals surface area contributed by atoms with Gasteiger partial charge >= 0.3 is 154 Å². The predicted octanol–water partition coefficient (Wildman–Crippen LogP) is -12.2. The summed E-state index contributed by atoms with van der Waals surface area (Å²) in [6.07, 6.45) is 0. The zero-order chi connectivity index (χ0) is 13.2. The Labute approximate surface area is 239 Å². The molecule has 0 aliphatic rings. The van der Waals surface area contributed by atoms with Crippen molar-refractivity contribution >= 4 is 30.4 Å². The van der Waals surface area contributed by atoms with Gasteiger partial charge in [-0.25, -0.2) is 25.3 Å². The van der Waals surface area contributed by atoms with Gasteiger partial charge in [0.05, 0.1) is 17.6 Å². The van der Waals surface area contributed by atoms with E-state index in [1.54, 1.807) is 0 Å². The summed E-state index contributed by atoms with van der Waals surface area (Å²) in [5.41, 5.74) is 0. The molecule has 0 saturated heterocycles. The van der Waals surface area contributed by atoms with Crippen molar-refractivity contribution in [3.63, 3.8) is 0 Å². The Bertz CT molecular complexity index is 458. The van der Waals surface area contributed by atoms with Gasteiger partial charge in [0.15, 0.2) is 0 Å². The van der Waals surface area contributed by atoms with E-state index in [4.69, 9.17) is 0 Å². The van der Waals surface area contributed by atoms with E-state index in [2.05, 4.69) is 0 Å². The predicted molar refractivity (Wildman–Crippen MR) is 45.5 cm³/mol. The Kier molecular flexibility index (Phi) is 21.3. The van der Waals surface area contributed by atoms with Gasteiger partial charge in [-0.2, -0.15) is 0 Å². The van der Waals surface area contributed by atoms with E-state index in [1.807, 2.05) is 0 Å². The third kappa shape index (κ3) is 25.0. The van der Waals surface area contributed by atoms with Gasteiger partial charge in [0.2, 0.25) is 0 Å². The van der Waals surface area contributed by atoms with Gasteiger partial charge in [-0.15, -0.1) is 0 Å². The molecule has 0 spiro atoms. The first-order valence-electron chi connectivity index (χ1n) is 3.31. The van der Waals surface area contributed by atoms with E-state index in [9.17, 15) is 38.9 Å². The average molecular weight is 414 g/mol. The van der Waals surface area contributed by atoms with Gasteiger partial charge in [0, 0.05) is 0 Å². The van der Waals surface area contributed by atoms with Gasteiger partial charge in [0.1, 0.15) is 30.4 Å². The maximum atomic E-state index is 10.2. The summed E-state index contributed by atoms with van der Waals surface area (Å²) in [5.74, 6) is -4.68. The quantitative estimate of drug-likeness (QED) is 0.300. The molecule has 0 aromatic heterocycles. The zero-order valence-electron chi connectivity index (χ0n) is 10.5. The van der Waals surface area contributed by atoms with Crippen LogP contribution in [0.25, 0.3) is 0 Å². The fourth-order valence-corrected chi connectivity index (χ4v) is 3.02. The second-order valence-corrected chi connectivity index (χ2v) is 6.85. The van der Waals surface area contributed by atoms with E-state index in [1.165, 1.54) is 0 Å². The third-order valence-corrected chi connectivity index (χ3v) is 3.07. The summed E-state index contributed by atoms with van der Waals surface area (Å²) in [5, 5.41) is 0. The molecule has 0 N–H and O–H groups in total. The molecule has 0 aliphatic carbocycles. The molecular formula is C3H6K3NO9S3. The summed E-state index contributed by atoms with van der Waals surface area (Å²) in [6.45, 7) is 0. The molecule has 0 unspecified atom stereocenters. The van der Waals surface area contributed by atoms with Crippen LogP contribution in [0.3, 0.4) is 0 Å². The van der Waals surface area contributed by atoms with E-state index in [0.717, 1.165) is 0 Å². The molecule has 0 amide bonds. The molecule has 0 fully saturated rings. The Hall–Kier alpha value is 4.60. The largest absolute Gasteiger partial charge is 1.00 e. The molecule has 0 heterocycles. The maximum absolute atomic E-state index is 10.2. The van der Waals surface area contributed by atoms with Crippen LogP contribution in [0.1, 0.15) is 0 Å². The summed E-state index contributed by atoms with van der Waals surface area (Å²) in [4.78, 5) is -0.0764. The second-order valence-electron chi connectivity index (χ2n) is 2.73. The standard InChI is InChI=1S/C3H9NO9S3.3K/c5-14(6,7)1-4(2-15(8,9)10)3-16(11,12)13;;;/h1-3H2,(H,5,6,7)(H,8,9,10)(H,11,12,13);;;/q;3*+1/p-3. The molecule has 0 rings (SSSR count). The fourth-order valence-electron chi connectivity index (χ4n) is 0.783. The van der Waals surface area contributed by atoms with Crippen LogP contribution in [0.5, 0.6) is 0 Å². The maximum Gasteiger partial charge on any atom is 1.00 e. The third-order valence-electron chi connectivity index (χ3n) is 1.02. The number of hydrogen-bond donors (Lipinski definition) is 0. The van der Waals surface area contributed by atoms with Crippen molar-refractivity contribution in [2.45, 2.75) is 0 Å². The first-order chi connectivity index (χ1) is 6.79. The monoisotopic (exact) mass is 413 g/mol. The number of nitrogens with zero attached hydrogens (tertiary/aromatic N) is 1. The van der Waals surface area contributed by atoms with E-state index < -0.39 is 48.0 Å². The van der Waals surface area contributed by atoms with Crippen molar-refractivity contribution < 1.29 is 193 Å². The fraction of sp³-hybridized carbons (Fsp3) is 1.00. The van der Waals surface area contributed by atoms with Crippen LogP contribution in [-0.2, 0) is 30.4 Å². The molecule has 0 aromatic carbocycles. The molecule has 0 atom stereocenters. The van der Waals surface area contributed by atoms with Gasteiger partial charge in [-0.3, -0.25) is 4.90 Å². The van der Waals surface area contributed by atoms with Crippen LogP contribution in [0.4, 0.5) is 0 Å². The van der Waals surface area contributed by atoms with E-state index >= 15 is 0 Å². The molecule has 16 heteroatoms. The summed E-state index contributed by atoms with van der Waals surface area (Å²) in [7, 11) is -15.0. The van der Waals surface area contributed by atoms with Crippen LogP contribution in [-0.4, -0.2) is 61.4 Å². The van der Waals surface area contributed by atoms with Crippen LogP contribution in [0, 0.1) is 0 Å². The number of hydrogen-bond acceptors (Lipinski definition) is 10. The van der Waals surface area contributed by atoms with Crippen molar-refractivity contribution in [2.75, 3.05) is 17.6 Å². The Morgan fingerprint density at radius 1 is 0.579 bits per heavy atom. The van der Waals surface area contributed by atoms with Crippen molar-refractivity contribution in [3.8, 4) is 0 Å². The summed E-state index contributed by atoms with van der Waals surface area (Å²) in [6, 6.07) is 0. The van der Waals surface area contributed by atoms with Crippen molar-refractivity contribution in [1.29, 1.82) is 0 Å². The first-order valence-corrected chi connectivity index (χ1v) is 8.05. The SMILES string of the molecule is O=S(=O)([O-])CN(CS(=O)(=O)[O-])CS(=O)(=O)[O-].[K+].[K+].[K+]. The molecule has 0 aliphatic heterocycles. The van der Waals surface area contributed by atoms with Gasteiger partial charge < -0.3 is 13.7 Å². The topological polar surface area (TPSA) is 175 Å². The van der Waals surface area contributed by atoms with Gasteiger partial charge in [0.25, 0.3) is 0 Å². The molecule has 0 saturated carbocycles. The van der Waals surface area contributed by atoms with Gasteiger partial charge in [-0.1, -0.05) is 0 Å². The molecule has 0 bridgehead atoms. The van der Waals surface area contributed by atoms with Crippen LogP contribution < -0.4 is 154 Å².